The van der Waals surface area contributed by atoms with Gasteiger partial charge >= 0.3 is 6.18 Å². The Bertz CT molecular complexity index is 516. The number of benzene rings is 1. The molecule has 1 aromatic rings. The molecule has 1 aliphatic rings. The first-order valence-corrected chi connectivity index (χ1v) is 7.56. The van der Waals surface area contributed by atoms with Crippen LogP contribution in [-0.4, -0.2) is 43.7 Å². The van der Waals surface area contributed by atoms with Gasteiger partial charge in [-0.25, -0.2) is 0 Å². The Kier molecular flexibility index (Phi) is 6.01. The maximum Gasteiger partial charge on any atom is 0.416 e. The van der Waals surface area contributed by atoms with Crippen molar-refractivity contribution in [3.63, 3.8) is 0 Å². The van der Waals surface area contributed by atoms with Crippen LogP contribution in [0, 0.1) is 0 Å². The van der Waals surface area contributed by atoms with Crippen LogP contribution in [-0.2, 0) is 20.4 Å². The molecule has 128 valence electrons. The Morgan fingerprint density at radius 2 is 2.04 bits per heavy atom. The van der Waals surface area contributed by atoms with Crippen molar-refractivity contribution in [2.24, 2.45) is 0 Å². The summed E-state index contributed by atoms with van der Waals surface area (Å²) in [4.78, 5) is 13.7. The first kappa shape index (κ1) is 17.7. The number of nitrogens with zero attached hydrogens (tertiary/aromatic N) is 1. The van der Waals surface area contributed by atoms with Gasteiger partial charge in [-0.05, 0) is 24.6 Å². The van der Waals surface area contributed by atoms with E-state index in [0.29, 0.717) is 44.9 Å². The molecule has 0 unspecified atom stereocenters. The van der Waals surface area contributed by atoms with E-state index in [2.05, 4.69) is 0 Å². The fraction of sp³-hybridized carbons (Fsp3) is 0.562. The summed E-state index contributed by atoms with van der Waals surface area (Å²) in [6, 6.07) is 4.88. The van der Waals surface area contributed by atoms with Crippen molar-refractivity contribution < 1.29 is 27.4 Å². The van der Waals surface area contributed by atoms with Crippen LogP contribution in [0.15, 0.2) is 24.3 Å². The second-order valence-electron chi connectivity index (χ2n) is 5.27. The summed E-state index contributed by atoms with van der Waals surface area (Å²) < 4.78 is 48.5. The molecule has 1 aliphatic heterocycles. The van der Waals surface area contributed by atoms with Gasteiger partial charge in [0.05, 0.1) is 31.7 Å². The molecule has 0 aliphatic carbocycles. The van der Waals surface area contributed by atoms with E-state index in [1.54, 1.807) is 4.90 Å². The average molecular weight is 331 g/mol. The minimum atomic E-state index is -4.35. The molecule has 1 aromatic carbocycles. The summed E-state index contributed by atoms with van der Waals surface area (Å²) in [5.74, 6) is -0.0290. The maximum atomic E-state index is 12.6. The van der Waals surface area contributed by atoms with Gasteiger partial charge in [0.25, 0.3) is 0 Å². The number of ether oxygens (including phenoxy) is 2. The van der Waals surface area contributed by atoms with Gasteiger partial charge < -0.3 is 14.4 Å². The molecule has 4 nitrogen and oxygen atoms in total. The lowest BCUT2D eigenvalue weighted by Crippen LogP contribution is -2.42. The number of alkyl halides is 3. The quantitative estimate of drug-likeness (QED) is 0.779. The third-order valence-electron chi connectivity index (χ3n) is 3.69. The molecule has 1 heterocycles. The van der Waals surface area contributed by atoms with E-state index < -0.39 is 17.8 Å². The fourth-order valence-corrected chi connectivity index (χ4v) is 2.43. The predicted octanol–water partition coefficient (Wildman–Crippen LogP) is 3.03. The van der Waals surface area contributed by atoms with Crippen molar-refractivity contribution in [1.29, 1.82) is 0 Å². The lowest BCUT2D eigenvalue weighted by molar-refractivity contribution is -0.140. The lowest BCUT2D eigenvalue weighted by atomic mass is 10.0. The minimum absolute atomic E-state index is 0.0290. The Morgan fingerprint density at radius 1 is 1.35 bits per heavy atom. The zero-order valence-corrected chi connectivity index (χ0v) is 12.9. The molecule has 23 heavy (non-hydrogen) atoms. The molecule has 0 bridgehead atoms. The number of carbonyl (C=O) groups is 1. The summed E-state index contributed by atoms with van der Waals surface area (Å²) >= 11 is 0. The third kappa shape index (κ3) is 4.94. The van der Waals surface area contributed by atoms with E-state index in [0.717, 1.165) is 12.1 Å². The van der Waals surface area contributed by atoms with E-state index >= 15 is 0 Å². The molecular formula is C16H20F3NO3. The number of halogens is 3. The highest BCUT2D eigenvalue weighted by Gasteiger charge is 2.31. The molecule has 1 atom stereocenters. The molecule has 0 N–H and O–H groups in total. The number of morpholine rings is 1. The second kappa shape index (κ2) is 7.79. The largest absolute Gasteiger partial charge is 0.416 e. The predicted molar refractivity (Wildman–Crippen MR) is 77.8 cm³/mol. The van der Waals surface area contributed by atoms with Gasteiger partial charge in [-0.3, -0.25) is 4.79 Å². The number of amides is 1. The van der Waals surface area contributed by atoms with Gasteiger partial charge in [-0.1, -0.05) is 12.1 Å². The van der Waals surface area contributed by atoms with E-state index in [-0.39, 0.29) is 5.91 Å². The highest BCUT2D eigenvalue weighted by atomic mass is 19.4. The van der Waals surface area contributed by atoms with Gasteiger partial charge in [0.1, 0.15) is 6.10 Å². The first-order valence-electron chi connectivity index (χ1n) is 7.56. The Labute approximate surface area is 133 Å². The van der Waals surface area contributed by atoms with E-state index in [1.165, 1.54) is 12.1 Å². The number of hydrogen-bond donors (Lipinski definition) is 0. The number of carbonyl (C=O) groups excluding carboxylic acids is 1. The standard InChI is InChI=1S/C16H20F3NO3/c1-2-22-9-7-15(21)20-8-10-23-14(11-20)12-3-5-13(6-4-12)16(17,18)19/h3-6,14H,2,7-11H2,1H3/t14-/m1/s1. The highest BCUT2D eigenvalue weighted by molar-refractivity contribution is 5.76. The summed E-state index contributed by atoms with van der Waals surface area (Å²) in [6.45, 7) is 3.99. The molecule has 7 heteroatoms. The van der Waals surface area contributed by atoms with Crippen LogP contribution in [0.1, 0.15) is 30.6 Å². The van der Waals surface area contributed by atoms with Crippen molar-refractivity contribution in [3.8, 4) is 0 Å². The first-order chi connectivity index (χ1) is 10.9. The van der Waals surface area contributed by atoms with Crippen LogP contribution in [0.5, 0.6) is 0 Å². The lowest BCUT2D eigenvalue weighted by Gasteiger charge is -2.33. The van der Waals surface area contributed by atoms with E-state index in [4.69, 9.17) is 9.47 Å². The van der Waals surface area contributed by atoms with Crippen LogP contribution >= 0.6 is 0 Å². The normalized spacial score (nSPS) is 19.0. The van der Waals surface area contributed by atoms with Crippen LogP contribution < -0.4 is 0 Å². The fourth-order valence-electron chi connectivity index (χ4n) is 2.43. The molecule has 1 amide bonds. The Balaban J connectivity index is 1.96. The molecule has 2 rings (SSSR count). The Hall–Kier alpha value is -1.60. The van der Waals surface area contributed by atoms with Gasteiger partial charge in [0.15, 0.2) is 0 Å². The summed E-state index contributed by atoms with van der Waals surface area (Å²) in [7, 11) is 0. The van der Waals surface area contributed by atoms with Crippen LogP contribution in [0.25, 0.3) is 0 Å². The zero-order chi connectivity index (χ0) is 16.9. The molecule has 0 saturated carbocycles. The van der Waals surface area contributed by atoms with Gasteiger partial charge in [0.2, 0.25) is 5.91 Å². The molecule has 1 saturated heterocycles. The third-order valence-corrected chi connectivity index (χ3v) is 3.69. The van der Waals surface area contributed by atoms with Crippen LogP contribution in [0.2, 0.25) is 0 Å². The van der Waals surface area contributed by atoms with Crippen molar-refractivity contribution in [1.82, 2.24) is 4.90 Å². The summed E-state index contributed by atoms with van der Waals surface area (Å²) in [6.07, 6.45) is -4.46. The Morgan fingerprint density at radius 3 is 2.65 bits per heavy atom. The topological polar surface area (TPSA) is 38.8 Å². The van der Waals surface area contributed by atoms with Gasteiger partial charge in [0, 0.05) is 13.2 Å². The van der Waals surface area contributed by atoms with Crippen LogP contribution in [0.3, 0.4) is 0 Å². The molecule has 0 radical (unpaired) electrons. The molecular weight excluding hydrogens is 311 g/mol. The van der Waals surface area contributed by atoms with E-state index in [1.807, 2.05) is 6.92 Å². The minimum Gasteiger partial charge on any atom is -0.381 e. The number of rotatable bonds is 5. The summed E-state index contributed by atoms with van der Waals surface area (Å²) in [5.41, 5.74) is -0.0537. The smallest absolute Gasteiger partial charge is 0.381 e. The van der Waals surface area contributed by atoms with Crippen molar-refractivity contribution in [3.05, 3.63) is 35.4 Å². The zero-order valence-electron chi connectivity index (χ0n) is 12.9. The molecule has 0 spiro atoms. The van der Waals surface area contributed by atoms with Crippen molar-refractivity contribution in [2.75, 3.05) is 32.9 Å². The second-order valence-corrected chi connectivity index (χ2v) is 5.27. The maximum absolute atomic E-state index is 12.6. The van der Waals surface area contributed by atoms with Gasteiger partial charge in [-0.2, -0.15) is 13.2 Å². The average Bonchev–Trinajstić information content (AvgIpc) is 2.54. The summed E-state index contributed by atoms with van der Waals surface area (Å²) in [5, 5.41) is 0. The molecule has 1 fully saturated rings. The van der Waals surface area contributed by atoms with E-state index in [9.17, 15) is 18.0 Å². The SMILES string of the molecule is CCOCCC(=O)N1CCO[C@@H](c2ccc(C(F)(F)F)cc2)C1. The van der Waals surface area contributed by atoms with Gasteiger partial charge in [-0.15, -0.1) is 0 Å². The molecule has 0 aromatic heterocycles. The number of hydrogen-bond acceptors (Lipinski definition) is 3. The van der Waals surface area contributed by atoms with Crippen molar-refractivity contribution in [2.45, 2.75) is 25.6 Å². The van der Waals surface area contributed by atoms with Crippen LogP contribution in [0.4, 0.5) is 13.2 Å². The monoisotopic (exact) mass is 331 g/mol. The van der Waals surface area contributed by atoms with Crippen molar-refractivity contribution >= 4 is 5.91 Å². The highest BCUT2D eigenvalue weighted by Crippen LogP contribution is 2.31.